The number of nitrogens with zero attached hydrogens (tertiary/aromatic N) is 2. The van der Waals surface area contributed by atoms with Crippen molar-refractivity contribution in [2.24, 2.45) is 7.05 Å². The van der Waals surface area contributed by atoms with Gasteiger partial charge in [0.15, 0.2) is 0 Å². The molecular formula is C15H21N3O3. The lowest BCUT2D eigenvalue weighted by molar-refractivity contribution is -0.153. The number of imidazole rings is 1. The van der Waals surface area contributed by atoms with E-state index in [1.165, 1.54) is 0 Å². The van der Waals surface area contributed by atoms with Crippen LogP contribution in [0.1, 0.15) is 38.4 Å². The fourth-order valence-corrected chi connectivity index (χ4v) is 1.99. The lowest BCUT2D eigenvalue weighted by atomic mass is 10.2. The molecule has 0 saturated carbocycles. The number of nitrogens with one attached hydrogen (secondary N) is 1. The summed E-state index contributed by atoms with van der Waals surface area (Å²) < 4.78 is 12.6. The summed E-state index contributed by atoms with van der Waals surface area (Å²) in [6, 6.07) is 3.36. The van der Waals surface area contributed by atoms with E-state index in [0.29, 0.717) is 5.76 Å². The molecule has 0 bridgehead atoms. The van der Waals surface area contributed by atoms with Crippen LogP contribution in [-0.4, -0.2) is 27.7 Å². The van der Waals surface area contributed by atoms with Crippen LogP contribution in [0.25, 0.3) is 0 Å². The summed E-state index contributed by atoms with van der Waals surface area (Å²) in [5, 5.41) is 3.14. The largest absolute Gasteiger partial charge is 0.467 e. The Kier molecular flexibility index (Phi) is 4.47. The second-order valence-corrected chi connectivity index (χ2v) is 5.81. The van der Waals surface area contributed by atoms with Gasteiger partial charge in [-0.1, -0.05) is 0 Å². The van der Waals surface area contributed by atoms with Gasteiger partial charge in [-0.15, -0.1) is 0 Å². The lowest BCUT2D eigenvalue weighted by Crippen LogP contribution is -2.34. The smallest absolute Gasteiger partial charge is 0.320 e. The monoisotopic (exact) mass is 291 g/mol. The molecule has 0 aliphatic heterocycles. The summed E-state index contributed by atoms with van der Waals surface area (Å²) in [6.45, 7) is 5.60. The molecular weight excluding hydrogens is 270 g/mol. The SMILES string of the molecule is Cn1ccnc1C(NCC(=O)OC(C)(C)C)c1ccco1. The number of rotatable bonds is 5. The van der Waals surface area contributed by atoms with Gasteiger partial charge >= 0.3 is 5.97 Å². The predicted octanol–water partition coefficient (Wildman–Crippen LogP) is 2.03. The molecule has 0 aliphatic rings. The minimum absolute atomic E-state index is 0.0789. The Hall–Kier alpha value is -2.08. The van der Waals surface area contributed by atoms with E-state index in [2.05, 4.69) is 10.3 Å². The zero-order valence-corrected chi connectivity index (χ0v) is 12.8. The Balaban J connectivity index is 2.08. The lowest BCUT2D eigenvalue weighted by Gasteiger charge is -2.21. The van der Waals surface area contributed by atoms with Gasteiger partial charge in [0.25, 0.3) is 0 Å². The molecule has 2 aromatic heterocycles. The van der Waals surface area contributed by atoms with Crippen molar-refractivity contribution in [2.45, 2.75) is 32.4 Å². The molecule has 0 fully saturated rings. The van der Waals surface area contributed by atoms with E-state index < -0.39 is 5.60 Å². The number of furan rings is 1. The van der Waals surface area contributed by atoms with E-state index >= 15 is 0 Å². The first kappa shape index (κ1) is 15.3. The maximum absolute atomic E-state index is 11.8. The van der Waals surface area contributed by atoms with Gasteiger partial charge in [-0.05, 0) is 32.9 Å². The van der Waals surface area contributed by atoms with Gasteiger partial charge < -0.3 is 13.7 Å². The van der Waals surface area contributed by atoms with E-state index in [4.69, 9.17) is 9.15 Å². The van der Waals surface area contributed by atoms with E-state index in [0.717, 1.165) is 5.82 Å². The number of carbonyl (C=O) groups is 1. The highest BCUT2D eigenvalue weighted by Crippen LogP contribution is 2.20. The molecule has 2 rings (SSSR count). The topological polar surface area (TPSA) is 69.3 Å². The first-order valence-corrected chi connectivity index (χ1v) is 6.82. The van der Waals surface area contributed by atoms with Gasteiger partial charge in [-0.2, -0.15) is 0 Å². The normalized spacial score (nSPS) is 13.1. The third kappa shape index (κ3) is 4.19. The average Bonchev–Trinajstić information content (AvgIpc) is 3.00. The van der Waals surface area contributed by atoms with Gasteiger partial charge in [-0.3, -0.25) is 10.1 Å². The van der Waals surface area contributed by atoms with Crippen LogP contribution in [0.2, 0.25) is 0 Å². The van der Waals surface area contributed by atoms with Gasteiger partial charge in [0.05, 0.1) is 12.8 Å². The molecule has 1 unspecified atom stereocenters. The zero-order valence-electron chi connectivity index (χ0n) is 12.8. The first-order chi connectivity index (χ1) is 9.87. The van der Waals surface area contributed by atoms with Crippen molar-refractivity contribution in [3.63, 3.8) is 0 Å². The van der Waals surface area contributed by atoms with Gasteiger partial charge in [0.2, 0.25) is 0 Å². The number of hydrogen-bond acceptors (Lipinski definition) is 5. The van der Waals surface area contributed by atoms with Crippen LogP contribution in [0.5, 0.6) is 0 Å². The number of hydrogen-bond donors (Lipinski definition) is 1. The van der Waals surface area contributed by atoms with Crippen molar-refractivity contribution < 1.29 is 13.9 Å². The van der Waals surface area contributed by atoms with Crippen molar-refractivity contribution in [3.05, 3.63) is 42.4 Å². The Morgan fingerprint density at radius 1 is 1.52 bits per heavy atom. The summed E-state index contributed by atoms with van der Waals surface area (Å²) in [4.78, 5) is 16.2. The summed E-state index contributed by atoms with van der Waals surface area (Å²) in [5.41, 5.74) is -0.498. The molecule has 21 heavy (non-hydrogen) atoms. The Morgan fingerprint density at radius 2 is 2.29 bits per heavy atom. The number of esters is 1. The standard InChI is InChI=1S/C15H21N3O3/c1-15(2,3)21-12(19)10-17-13(11-6-5-9-20-11)14-16-7-8-18(14)4/h5-9,13,17H,10H2,1-4H3. The molecule has 1 atom stereocenters. The highest BCUT2D eigenvalue weighted by Gasteiger charge is 2.23. The van der Waals surface area contributed by atoms with Crippen molar-refractivity contribution in [2.75, 3.05) is 6.54 Å². The van der Waals surface area contributed by atoms with E-state index in [1.807, 2.05) is 44.6 Å². The average molecular weight is 291 g/mol. The molecule has 1 N–H and O–H groups in total. The van der Waals surface area contributed by atoms with Crippen LogP contribution in [0.3, 0.4) is 0 Å². The predicted molar refractivity (Wildman–Crippen MR) is 77.6 cm³/mol. The molecule has 6 heteroatoms. The van der Waals surface area contributed by atoms with E-state index in [1.54, 1.807) is 18.5 Å². The highest BCUT2D eigenvalue weighted by molar-refractivity contribution is 5.72. The Morgan fingerprint density at radius 3 is 2.81 bits per heavy atom. The molecule has 114 valence electrons. The van der Waals surface area contributed by atoms with Gasteiger partial charge in [0.1, 0.15) is 23.2 Å². The summed E-state index contributed by atoms with van der Waals surface area (Å²) >= 11 is 0. The van der Waals surface area contributed by atoms with Crippen molar-refractivity contribution in [1.29, 1.82) is 0 Å². The third-order valence-corrected chi connectivity index (χ3v) is 2.81. The molecule has 2 aromatic rings. The maximum Gasteiger partial charge on any atom is 0.320 e. The molecule has 0 spiro atoms. The molecule has 0 amide bonds. The number of ether oxygens (including phenoxy) is 1. The minimum Gasteiger partial charge on any atom is -0.467 e. The quantitative estimate of drug-likeness (QED) is 0.854. The van der Waals surface area contributed by atoms with Crippen LogP contribution in [0.4, 0.5) is 0 Å². The van der Waals surface area contributed by atoms with Crippen LogP contribution in [-0.2, 0) is 16.6 Å². The minimum atomic E-state index is -0.498. The van der Waals surface area contributed by atoms with Crippen molar-refractivity contribution in [1.82, 2.24) is 14.9 Å². The molecule has 6 nitrogen and oxygen atoms in total. The van der Waals surface area contributed by atoms with Crippen LogP contribution >= 0.6 is 0 Å². The molecule has 0 saturated heterocycles. The molecule has 0 aromatic carbocycles. The van der Waals surface area contributed by atoms with Gasteiger partial charge in [0, 0.05) is 19.4 Å². The summed E-state index contributed by atoms with van der Waals surface area (Å²) in [7, 11) is 1.90. The Labute approximate surface area is 124 Å². The molecule has 0 radical (unpaired) electrons. The number of aryl methyl sites for hydroxylation is 1. The maximum atomic E-state index is 11.8. The molecule has 0 aliphatic carbocycles. The second-order valence-electron chi connectivity index (χ2n) is 5.81. The Bertz CT molecular complexity index is 582. The fraction of sp³-hybridized carbons (Fsp3) is 0.467. The summed E-state index contributed by atoms with van der Waals surface area (Å²) in [6.07, 6.45) is 5.15. The van der Waals surface area contributed by atoms with Crippen LogP contribution < -0.4 is 5.32 Å². The van der Waals surface area contributed by atoms with Crippen LogP contribution in [0.15, 0.2) is 35.2 Å². The third-order valence-electron chi connectivity index (χ3n) is 2.81. The van der Waals surface area contributed by atoms with Crippen molar-refractivity contribution >= 4 is 5.97 Å². The first-order valence-electron chi connectivity index (χ1n) is 6.82. The zero-order chi connectivity index (χ0) is 15.5. The number of aromatic nitrogens is 2. The van der Waals surface area contributed by atoms with Gasteiger partial charge in [-0.25, -0.2) is 4.98 Å². The van der Waals surface area contributed by atoms with E-state index in [9.17, 15) is 4.79 Å². The molecule has 2 heterocycles. The van der Waals surface area contributed by atoms with Crippen LogP contribution in [0, 0.1) is 0 Å². The number of carbonyl (C=O) groups excluding carboxylic acids is 1. The summed E-state index contributed by atoms with van der Waals surface area (Å²) in [5.74, 6) is 1.16. The second kappa shape index (κ2) is 6.13. The fourth-order valence-electron chi connectivity index (χ4n) is 1.99. The van der Waals surface area contributed by atoms with Crippen molar-refractivity contribution in [3.8, 4) is 0 Å². The van der Waals surface area contributed by atoms with E-state index in [-0.39, 0.29) is 18.6 Å². The highest BCUT2D eigenvalue weighted by atomic mass is 16.6.